The van der Waals surface area contributed by atoms with Gasteiger partial charge in [-0.05, 0) is 49.2 Å². The van der Waals surface area contributed by atoms with Crippen molar-refractivity contribution in [3.63, 3.8) is 0 Å². The van der Waals surface area contributed by atoms with Crippen molar-refractivity contribution in [3.05, 3.63) is 63.6 Å². The Kier molecular flexibility index (Phi) is 5.72. The molecule has 0 heterocycles. The van der Waals surface area contributed by atoms with Gasteiger partial charge in [0.2, 0.25) is 0 Å². The topological polar surface area (TPSA) is 50.7 Å². The summed E-state index contributed by atoms with van der Waals surface area (Å²) in [5.41, 5.74) is 5.73. The quantitative estimate of drug-likeness (QED) is 0.654. The van der Waals surface area contributed by atoms with Crippen molar-refractivity contribution in [1.82, 2.24) is 5.43 Å². The fourth-order valence-electron chi connectivity index (χ4n) is 1.86. The Labute approximate surface area is 138 Å². The van der Waals surface area contributed by atoms with Crippen molar-refractivity contribution in [3.8, 4) is 5.75 Å². The summed E-state index contributed by atoms with van der Waals surface area (Å²) >= 11 is 3.34. The van der Waals surface area contributed by atoms with Gasteiger partial charge in [0, 0.05) is 4.47 Å². The first-order valence-electron chi connectivity index (χ1n) is 6.82. The number of rotatable bonds is 5. The summed E-state index contributed by atoms with van der Waals surface area (Å²) in [6.07, 6.45) is 1.63. The van der Waals surface area contributed by atoms with Crippen LogP contribution in [0.25, 0.3) is 0 Å². The number of halogens is 1. The molecular formula is C17H17BrN2O2. The Hall–Kier alpha value is -2.14. The van der Waals surface area contributed by atoms with Crippen LogP contribution in [-0.4, -0.2) is 18.7 Å². The minimum absolute atomic E-state index is 0.0775. The molecule has 0 aliphatic heterocycles. The largest absolute Gasteiger partial charge is 0.484 e. The predicted molar refractivity (Wildman–Crippen MR) is 91.3 cm³/mol. The van der Waals surface area contributed by atoms with Gasteiger partial charge in [-0.15, -0.1) is 0 Å². The number of amides is 1. The van der Waals surface area contributed by atoms with Gasteiger partial charge in [0.25, 0.3) is 5.91 Å². The van der Waals surface area contributed by atoms with Gasteiger partial charge >= 0.3 is 0 Å². The van der Waals surface area contributed by atoms with Crippen molar-refractivity contribution in [2.45, 2.75) is 13.8 Å². The Morgan fingerprint density at radius 2 is 1.95 bits per heavy atom. The minimum atomic E-state index is -0.302. The summed E-state index contributed by atoms with van der Waals surface area (Å²) < 4.78 is 6.32. The van der Waals surface area contributed by atoms with Crippen molar-refractivity contribution < 1.29 is 9.53 Å². The van der Waals surface area contributed by atoms with Crippen molar-refractivity contribution in [1.29, 1.82) is 0 Å². The molecule has 0 bridgehead atoms. The highest BCUT2D eigenvalue weighted by Crippen LogP contribution is 2.15. The van der Waals surface area contributed by atoms with Crippen LogP contribution in [0, 0.1) is 13.8 Å². The van der Waals surface area contributed by atoms with E-state index in [-0.39, 0.29) is 12.5 Å². The summed E-state index contributed by atoms with van der Waals surface area (Å²) in [6, 6.07) is 13.3. The Balaban J connectivity index is 1.82. The number of carbonyl (C=O) groups excluding carboxylic acids is 1. The first kappa shape index (κ1) is 16.2. The standard InChI is InChI=1S/C17H17BrN2O2/c1-12-3-4-14(13(2)9-12)10-19-20-17(21)11-22-16-7-5-15(18)6-8-16/h3-10H,11H2,1-2H3,(H,20,21)/b19-10+. The molecule has 5 heteroatoms. The molecule has 0 aromatic heterocycles. The maximum absolute atomic E-state index is 11.7. The highest BCUT2D eigenvalue weighted by Gasteiger charge is 2.01. The van der Waals surface area contributed by atoms with E-state index in [4.69, 9.17) is 4.74 Å². The van der Waals surface area contributed by atoms with Crippen molar-refractivity contribution >= 4 is 28.1 Å². The number of hydrogen-bond donors (Lipinski definition) is 1. The molecular weight excluding hydrogens is 344 g/mol. The van der Waals surface area contributed by atoms with Crippen LogP contribution in [0.4, 0.5) is 0 Å². The van der Waals surface area contributed by atoms with E-state index in [0.717, 1.165) is 15.6 Å². The van der Waals surface area contributed by atoms with E-state index in [1.807, 2.05) is 38.1 Å². The van der Waals surface area contributed by atoms with E-state index < -0.39 is 0 Å². The van der Waals surface area contributed by atoms with Crippen LogP contribution in [0.3, 0.4) is 0 Å². The lowest BCUT2D eigenvalue weighted by atomic mass is 10.1. The van der Waals surface area contributed by atoms with Crippen LogP contribution in [0.2, 0.25) is 0 Å². The van der Waals surface area contributed by atoms with E-state index in [0.29, 0.717) is 5.75 Å². The molecule has 0 aliphatic carbocycles. The average Bonchev–Trinajstić information content (AvgIpc) is 2.49. The molecule has 0 radical (unpaired) electrons. The number of benzene rings is 2. The predicted octanol–water partition coefficient (Wildman–Crippen LogP) is 3.60. The van der Waals surface area contributed by atoms with Gasteiger partial charge in [-0.2, -0.15) is 5.10 Å². The van der Waals surface area contributed by atoms with Gasteiger partial charge in [-0.1, -0.05) is 39.7 Å². The molecule has 0 spiro atoms. The van der Waals surface area contributed by atoms with Gasteiger partial charge in [-0.3, -0.25) is 4.79 Å². The van der Waals surface area contributed by atoms with Crippen LogP contribution < -0.4 is 10.2 Å². The molecule has 1 amide bonds. The normalized spacial score (nSPS) is 10.7. The fourth-order valence-corrected chi connectivity index (χ4v) is 2.12. The second-order valence-electron chi connectivity index (χ2n) is 4.90. The van der Waals surface area contributed by atoms with Crippen LogP contribution in [-0.2, 0) is 4.79 Å². The Morgan fingerprint density at radius 3 is 2.64 bits per heavy atom. The van der Waals surface area contributed by atoms with Gasteiger partial charge in [0.05, 0.1) is 6.21 Å². The number of nitrogens with zero attached hydrogens (tertiary/aromatic N) is 1. The zero-order valence-corrected chi connectivity index (χ0v) is 14.1. The number of hydrazone groups is 1. The molecule has 2 aromatic carbocycles. The van der Waals surface area contributed by atoms with Crippen LogP contribution in [0.1, 0.15) is 16.7 Å². The van der Waals surface area contributed by atoms with E-state index in [1.54, 1.807) is 18.3 Å². The molecule has 0 saturated carbocycles. The highest BCUT2D eigenvalue weighted by molar-refractivity contribution is 9.10. The third-order valence-corrected chi connectivity index (χ3v) is 3.53. The third kappa shape index (κ3) is 5.00. The summed E-state index contributed by atoms with van der Waals surface area (Å²) in [4.78, 5) is 11.7. The summed E-state index contributed by atoms with van der Waals surface area (Å²) in [5.74, 6) is 0.334. The number of carbonyl (C=O) groups is 1. The van der Waals surface area contributed by atoms with E-state index >= 15 is 0 Å². The number of hydrogen-bond acceptors (Lipinski definition) is 3. The number of ether oxygens (including phenoxy) is 1. The summed E-state index contributed by atoms with van der Waals surface area (Å²) in [6.45, 7) is 3.97. The van der Waals surface area contributed by atoms with Crippen LogP contribution in [0.5, 0.6) is 5.75 Å². The zero-order chi connectivity index (χ0) is 15.9. The van der Waals surface area contributed by atoms with Gasteiger partial charge in [-0.25, -0.2) is 5.43 Å². The molecule has 114 valence electrons. The monoisotopic (exact) mass is 360 g/mol. The number of aryl methyl sites for hydroxylation is 2. The fraction of sp³-hybridized carbons (Fsp3) is 0.176. The Bertz CT molecular complexity index is 682. The number of nitrogens with one attached hydrogen (secondary N) is 1. The van der Waals surface area contributed by atoms with Crippen LogP contribution >= 0.6 is 15.9 Å². The second kappa shape index (κ2) is 7.75. The van der Waals surface area contributed by atoms with Gasteiger partial charge in [0.15, 0.2) is 6.61 Å². The SMILES string of the molecule is Cc1ccc(/C=N/NC(=O)COc2ccc(Br)cc2)c(C)c1. The molecule has 2 rings (SSSR count). The van der Waals surface area contributed by atoms with Crippen LogP contribution in [0.15, 0.2) is 52.0 Å². The van der Waals surface area contributed by atoms with Gasteiger partial charge in [0.1, 0.15) is 5.75 Å². The first-order valence-corrected chi connectivity index (χ1v) is 7.61. The molecule has 0 fully saturated rings. The molecule has 0 atom stereocenters. The second-order valence-corrected chi connectivity index (χ2v) is 5.81. The summed E-state index contributed by atoms with van der Waals surface area (Å²) in [5, 5.41) is 3.95. The van der Waals surface area contributed by atoms with E-state index in [2.05, 4.69) is 32.5 Å². The molecule has 4 nitrogen and oxygen atoms in total. The smallest absolute Gasteiger partial charge is 0.277 e. The van der Waals surface area contributed by atoms with Crippen molar-refractivity contribution in [2.75, 3.05) is 6.61 Å². The zero-order valence-electron chi connectivity index (χ0n) is 12.5. The molecule has 0 aliphatic rings. The molecule has 22 heavy (non-hydrogen) atoms. The van der Waals surface area contributed by atoms with Gasteiger partial charge < -0.3 is 4.74 Å². The van der Waals surface area contributed by atoms with E-state index in [1.165, 1.54) is 5.56 Å². The minimum Gasteiger partial charge on any atom is -0.484 e. The lowest BCUT2D eigenvalue weighted by Crippen LogP contribution is -2.24. The molecule has 2 aromatic rings. The maximum Gasteiger partial charge on any atom is 0.277 e. The third-order valence-electron chi connectivity index (χ3n) is 3.00. The molecule has 0 saturated heterocycles. The van der Waals surface area contributed by atoms with Crippen molar-refractivity contribution in [2.24, 2.45) is 5.10 Å². The maximum atomic E-state index is 11.7. The highest BCUT2D eigenvalue weighted by atomic mass is 79.9. The first-order chi connectivity index (χ1) is 10.5. The summed E-state index contributed by atoms with van der Waals surface area (Å²) in [7, 11) is 0. The lowest BCUT2D eigenvalue weighted by Gasteiger charge is -2.05. The molecule has 0 unspecified atom stereocenters. The average molecular weight is 361 g/mol. The molecule has 1 N–H and O–H groups in total. The van der Waals surface area contributed by atoms with E-state index in [9.17, 15) is 4.79 Å². The lowest BCUT2D eigenvalue weighted by molar-refractivity contribution is -0.123. The Morgan fingerprint density at radius 1 is 1.23 bits per heavy atom.